The number of nitrogen functional groups attached to an aromatic ring is 1. The molecule has 0 spiro atoms. The summed E-state index contributed by atoms with van der Waals surface area (Å²) in [4.78, 5) is 2.05. The van der Waals surface area contributed by atoms with Crippen LogP contribution >= 0.6 is 11.6 Å². The highest BCUT2D eigenvalue weighted by molar-refractivity contribution is 6.33. The first kappa shape index (κ1) is 11.7. The topological polar surface area (TPSA) is 53.0 Å². The Balaban J connectivity index is 2.92. The third kappa shape index (κ3) is 2.77. The first-order valence-electron chi connectivity index (χ1n) is 4.86. The maximum atomic E-state index is 8.55. The van der Waals surface area contributed by atoms with Crippen LogP contribution in [0, 0.1) is 11.3 Å². The number of hydrogen-bond acceptors (Lipinski definition) is 3. The molecule has 0 aliphatic rings. The predicted octanol–water partition coefficient (Wildman–Crippen LogP) is 2.66. The Morgan fingerprint density at radius 1 is 1.53 bits per heavy atom. The zero-order valence-electron chi connectivity index (χ0n) is 8.70. The van der Waals surface area contributed by atoms with Gasteiger partial charge in [-0.15, -0.1) is 0 Å². The van der Waals surface area contributed by atoms with E-state index in [2.05, 4.69) is 6.07 Å². The normalized spacial score (nSPS) is 9.67. The van der Waals surface area contributed by atoms with Crippen LogP contribution < -0.4 is 10.6 Å². The predicted molar refractivity (Wildman–Crippen MR) is 64.0 cm³/mol. The van der Waals surface area contributed by atoms with Gasteiger partial charge in [0, 0.05) is 13.1 Å². The Morgan fingerprint density at radius 3 is 2.87 bits per heavy atom. The van der Waals surface area contributed by atoms with Crippen molar-refractivity contribution in [2.24, 2.45) is 0 Å². The molecule has 2 N–H and O–H groups in total. The van der Waals surface area contributed by atoms with Crippen molar-refractivity contribution < 1.29 is 0 Å². The van der Waals surface area contributed by atoms with E-state index in [9.17, 15) is 0 Å². The molecule has 0 amide bonds. The van der Waals surface area contributed by atoms with Crippen LogP contribution in [0.2, 0.25) is 5.02 Å². The zero-order valence-corrected chi connectivity index (χ0v) is 9.46. The van der Waals surface area contributed by atoms with Crippen molar-refractivity contribution in [1.29, 1.82) is 5.26 Å². The van der Waals surface area contributed by atoms with Gasteiger partial charge in [-0.1, -0.05) is 17.7 Å². The number of hydrogen-bond donors (Lipinski definition) is 1. The van der Waals surface area contributed by atoms with E-state index in [1.165, 1.54) is 0 Å². The largest absolute Gasteiger partial charge is 0.396 e. The number of anilines is 2. The van der Waals surface area contributed by atoms with Crippen molar-refractivity contribution >= 4 is 23.0 Å². The molecule has 4 heteroatoms. The fraction of sp³-hybridized carbons (Fsp3) is 0.364. The van der Waals surface area contributed by atoms with Gasteiger partial charge in [0.05, 0.1) is 28.9 Å². The Morgan fingerprint density at radius 2 is 2.27 bits per heavy atom. The number of nitrogens with two attached hydrogens (primary N) is 1. The third-order valence-corrected chi connectivity index (χ3v) is 2.58. The van der Waals surface area contributed by atoms with Crippen molar-refractivity contribution in [2.75, 3.05) is 23.7 Å². The molecule has 0 fully saturated rings. The number of rotatable bonds is 4. The SMILES string of the molecule is CCN(CCC#N)c1cccc(Cl)c1N. The molecular weight excluding hydrogens is 210 g/mol. The van der Waals surface area contributed by atoms with Gasteiger partial charge < -0.3 is 10.6 Å². The second kappa shape index (κ2) is 5.47. The average molecular weight is 224 g/mol. The fourth-order valence-electron chi connectivity index (χ4n) is 1.44. The molecule has 0 bridgehead atoms. The van der Waals surface area contributed by atoms with Crippen LogP contribution in [-0.2, 0) is 0 Å². The minimum absolute atomic E-state index is 0.486. The van der Waals surface area contributed by atoms with Gasteiger partial charge in [-0.25, -0.2) is 0 Å². The standard InChI is InChI=1S/C11H14ClN3/c1-2-15(8-4-7-13)10-6-3-5-9(12)11(10)14/h3,5-6H,2,4,8,14H2,1H3. The Kier molecular flexibility index (Phi) is 4.26. The first-order valence-corrected chi connectivity index (χ1v) is 5.24. The molecule has 1 aromatic rings. The molecule has 1 rings (SSSR count). The maximum absolute atomic E-state index is 8.55. The molecule has 0 unspecified atom stereocenters. The van der Waals surface area contributed by atoms with Crippen LogP contribution in [-0.4, -0.2) is 13.1 Å². The van der Waals surface area contributed by atoms with Crippen LogP contribution in [0.1, 0.15) is 13.3 Å². The molecule has 0 atom stereocenters. The quantitative estimate of drug-likeness (QED) is 0.799. The molecule has 0 heterocycles. The van der Waals surface area contributed by atoms with E-state index in [1.807, 2.05) is 24.0 Å². The first-order chi connectivity index (χ1) is 7.20. The second-order valence-corrected chi connectivity index (χ2v) is 3.57. The smallest absolute Gasteiger partial charge is 0.0741 e. The van der Waals surface area contributed by atoms with E-state index < -0.39 is 0 Å². The lowest BCUT2D eigenvalue weighted by atomic mass is 10.2. The Labute approximate surface area is 95.1 Å². The van der Waals surface area contributed by atoms with Crippen molar-refractivity contribution in [1.82, 2.24) is 0 Å². The second-order valence-electron chi connectivity index (χ2n) is 3.16. The van der Waals surface area contributed by atoms with Crippen LogP contribution in [0.25, 0.3) is 0 Å². The summed E-state index contributed by atoms with van der Waals surface area (Å²) in [6, 6.07) is 7.67. The molecule has 0 aliphatic carbocycles. The maximum Gasteiger partial charge on any atom is 0.0741 e. The van der Waals surface area contributed by atoms with Crippen molar-refractivity contribution in [3.63, 3.8) is 0 Å². The van der Waals surface area contributed by atoms with Gasteiger partial charge >= 0.3 is 0 Å². The number of nitrogens with zero attached hydrogens (tertiary/aromatic N) is 2. The van der Waals surface area contributed by atoms with Gasteiger partial charge in [0.2, 0.25) is 0 Å². The van der Waals surface area contributed by atoms with Crippen molar-refractivity contribution in [3.8, 4) is 6.07 Å². The van der Waals surface area contributed by atoms with Gasteiger partial charge in [-0.3, -0.25) is 0 Å². The third-order valence-electron chi connectivity index (χ3n) is 2.25. The highest BCUT2D eigenvalue weighted by atomic mass is 35.5. The van der Waals surface area contributed by atoms with E-state index in [1.54, 1.807) is 6.07 Å². The monoisotopic (exact) mass is 223 g/mol. The molecular formula is C11H14ClN3. The van der Waals surface area contributed by atoms with Crippen LogP contribution in [0.3, 0.4) is 0 Å². The average Bonchev–Trinajstić information content (AvgIpc) is 2.25. The van der Waals surface area contributed by atoms with E-state index in [0.717, 1.165) is 12.2 Å². The fourth-order valence-corrected chi connectivity index (χ4v) is 1.60. The molecule has 0 aliphatic heterocycles. The summed E-state index contributed by atoms with van der Waals surface area (Å²) >= 11 is 5.93. The van der Waals surface area contributed by atoms with Crippen LogP contribution in [0.4, 0.5) is 11.4 Å². The molecule has 80 valence electrons. The summed E-state index contributed by atoms with van der Waals surface area (Å²) in [5.41, 5.74) is 7.36. The summed E-state index contributed by atoms with van der Waals surface area (Å²) in [6.45, 7) is 3.52. The summed E-state index contributed by atoms with van der Waals surface area (Å²) < 4.78 is 0. The van der Waals surface area contributed by atoms with Crippen LogP contribution in [0.5, 0.6) is 0 Å². The van der Waals surface area contributed by atoms with Gasteiger partial charge in [-0.2, -0.15) is 5.26 Å². The number of nitriles is 1. The Hall–Kier alpha value is -1.40. The van der Waals surface area contributed by atoms with Gasteiger partial charge in [-0.05, 0) is 19.1 Å². The Bertz CT molecular complexity index is 371. The lowest BCUT2D eigenvalue weighted by molar-refractivity contribution is 0.828. The number of para-hydroxylation sites is 1. The molecule has 15 heavy (non-hydrogen) atoms. The van der Waals surface area contributed by atoms with E-state index in [0.29, 0.717) is 23.7 Å². The minimum atomic E-state index is 0.486. The van der Waals surface area contributed by atoms with Gasteiger partial charge in [0.1, 0.15) is 0 Å². The van der Waals surface area contributed by atoms with Crippen molar-refractivity contribution in [2.45, 2.75) is 13.3 Å². The summed E-state index contributed by atoms with van der Waals surface area (Å²) in [5, 5.41) is 9.11. The van der Waals surface area contributed by atoms with E-state index >= 15 is 0 Å². The lowest BCUT2D eigenvalue weighted by Gasteiger charge is -2.23. The lowest BCUT2D eigenvalue weighted by Crippen LogP contribution is -2.24. The van der Waals surface area contributed by atoms with E-state index in [4.69, 9.17) is 22.6 Å². The summed E-state index contributed by atoms with van der Waals surface area (Å²) in [5.74, 6) is 0. The molecule has 0 saturated carbocycles. The highest BCUT2D eigenvalue weighted by Gasteiger charge is 2.09. The van der Waals surface area contributed by atoms with E-state index in [-0.39, 0.29) is 0 Å². The zero-order chi connectivity index (χ0) is 11.3. The molecule has 0 radical (unpaired) electrons. The number of benzene rings is 1. The number of halogens is 1. The molecule has 0 aromatic heterocycles. The molecule has 1 aromatic carbocycles. The van der Waals surface area contributed by atoms with Crippen LogP contribution in [0.15, 0.2) is 18.2 Å². The molecule has 3 nitrogen and oxygen atoms in total. The minimum Gasteiger partial charge on any atom is -0.396 e. The van der Waals surface area contributed by atoms with Gasteiger partial charge in [0.25, 0.3) is 0 Å². The van der Waals surface area contributed by atoms with Gasteiger partial charge in [0.15, 0.2) is 0 Å². The summed E-state index contributed by atoms with van der Waals surface area (Å²) in [6.07, 6.45) is 0.486. The highest BCUT2D eigenvalue weighted by Crippen LogP contribution is 2.29. The summed E-state index contributed by atoms with van der Waals surface area (Å²) in [7, 11) is 0. The van der Waals surface area contributed by atoms with Crippen molar-refractivity contribution in [3.05, 3.63) is 23.2 Å². The molecule has 0 saturated heterocycles.